The summed E-state index contributed by atoms with van der Waals surface area (Å²) in [6, 6.07) is 2.87. The van der Waals surface area contributed by atoms with Crippen LogP contribution in [0, 0.1) is 11.7 Å². The zero-order valence-electron chi connectivity index (χ0n) is 23.6. The van der Waals surface area contributed by atoms with Crippen LogP contribution in [0.4, 0.5) is 4.39 Å². The smallest absolute Gasteiger partial charge is 0.335 e. The fourth-order valence-electron chi connectivity index (χ4n) is 5.86. The van der Waals surface area contributed by atoms with E-state index in [1.807, 2.05) is 0 Å². The molecule has 2 aromatic rings. The predicted octanol–water partition coefficient (Wildman–Crippen LogP) is 7.37. The average molecular weight is 582 g/mol. The van der Waals surface area contributed by atoms with Gasteiger partial charge in [-0.15, -0.1) is 0 Å². The molecular formula is C32H37ClFN3O4. The van der Waals surface area contributed by atoms with E-state index in [1.165, 1.54) is 50.1 Å². The van der Waals surface area contributed by atoms with Crippen molar-refractivity contribution in [1.82, 2.24) is 15.3 Å². The lowest BCUT2D eigenvalue weighted by Gasteiger charge is -2.31. The molecule has 2 aliphatic rings. The number of rotatable bonds is 11. The number of aromatic nitrogens is 2. The van der Waals surface area contributed by atoms with Gasteiger partial charge >= 0.3 is 5.97 Å². The van der Waals surface area contributed by atoms with Crippen LogP contribution in [0.1, 0.15) is 70.5 Å². The summed E-state index contributed by atoms with van der Waals surface area (Å²) >= 11 is 5.80. The van der Waals surface area contributed by atoms with Crippen molar-refractivity contribution in [3.8, 4) is 5.75 Å². The highest BCUT2D eigenvalue weighted by molar-refractivity contribution is 6.25. The number of amides is 1. The second-order valence-corrected chi connectivity index (χ2v) is 10.9. The third kappa shape index (κ3) is 6.99. The number of aliphatic carboxylic acids is 1. The van der Waals surface area contributed by atoms with Crippen molar-refractivity contribution in [3.05, 3.63) is 76.4 Å². The first-order chi connectivity index (χ1) is 19.8. The summed E-state index contributed by atoms with van der Waals surface area (Å²) in [5.74, 6) is -0.999. The molecule has 0 spiro atoms. The molecule has 7 nitrogen and oxygen atoms in total. The fraction of sp³-hybridized carbons (Fsp3) is 0.406. The largest absolute Gasteiger partial charge is 0.494 e. The van der Waals surface area contributed by atoms with Gasteiger partial charge in [0.25, 0.3) is 0 Å². The van der Waals surface area contributed by atoms with Gasteiger partial charge in [-0.25, -0.2) is 14.2 Å². The predicted molar refractivity (Wildman–Crippen MR) is 160 cm³/mol. The number of benzene rings is 1. The van der Waals surface area contributed by atoms with Crippen LogP contribution in [-0.2, 0) is 9.59 Å². The molecule has 41 heavy (non-hydrogen) atoms. The molecular weight excluding hydrogens is 545 g/mol. The maximum absolute atomic E-state index is 14.3. The van der Waals surface area contributed by atoms with Crippen LogP contribution in [-0.4, -0.2) is 40.1 Å². The lowest BCUT2D eigenvalue weighted by molar-refractivity contribution is -0.132. The van der Waals surface area contributed by atoms with E-state index < -0.39 is 11.8 Å². The number of H-pyrrole nitrogens is 1. The number of fused-ring (bicyclic) bond motifs is 1. The van der Waals surface area contributed by atoms with E-state index in [-0.39, 0.29) is 23.3 Å². The van der Waals surface area contributed by atoms with Gasteiger partial charge in [-0.2, -0.15) is 0 Å². The minimum Gasteiger partial charge on any atom is -0.494 e. The van der Waals surface area contributed by atoms with Gasteiger partial charge in [0.15, 0.2) is 11.6 Å². The molecule has 1 amide bonds. The molecule has 1 aromatic carbocycles. The number of nitrogens with zero attached hydrogens (tertiary/aromatic N) is 1. The summed E-state index contributed by atoms with van der Waals surface area (Å²) in [6.07, 6.45) is 13.1. The van der Waals surface area contributed by atoms with Crippen LogP contribution in [0.25, 0.3) is 16.6 Å². The van der Waals surface area contributed by atoms with Crippen molar-refractivity contribution >= 4 is 40.1 Å². The number of ether oxygens (including phenoxy) is 1. The summed E-state index contributed by atoms with van der Waals surface area (Å²) in [6.45, 7) is 6.33. The first kappa shape index (κ1) is 30.3. The third-order valence-corrected chi connectivity index (χ3v) is 8.13. The summed E-state index contributed by atoms with van der Waals surface area (Å²) in [5, 5.41) is 13.4. The Labute approximate surface area is 244 Å². The van der Waals surface area contributed by atoms with E-state index in [2.05, 4.69) is 28.8 Å². The molecule has 0 aliphatic heterocycles. The number of methoxy groups -OCH3 is 1. The number of carbonyl (C=O) groups excluding carboxylic acids is 1. The van der Waals surface area contributed by atoms with E-state index in [0.717, 1.165) is 25.7 Å². The Bertz CT molecular complexity index is 1450. The van der Waals surface area contributed by atoms with Crippen molar-refractivity contribution in [2.75, 3.05) is 7.11 Å². The molecule has 1 atom stereocenters. The Morgan fingerprint density at radius 3 is 2.71 bits per heavy atom. The molecule has 4 rings (SSSR count). The molecule has 2 aliphatic carbocycles. The monoisotopic (exact) mass is 581 g/mol. The Morgan fingerprint density at radius 1 is 1.29 bits per heavy atom. The van der Waals surface area contributed by atoms with Gasteiger partial charge in [-0.1, -0.05) is 56.9 Å². The highest BCUT2D eigenvalue weighted by Crippen LogP contribution is 2.37. The van der Waals surface area contributed by atoms with E-state index in [0.29, 0.717) is 57.9 Å². The molecule has 1 unspecified atom stereocenters. The van der Waals surface area contributed by atoms with Crippen molar-refractivity contribution in [1.29, 1.82) is 0 Å². The van der Waals surface area contributed by atoms with Crippen LogP contribution in [0.15, 0.2) is 64.8 Å². The SMILES string of the molecule is C=C(C1=C(C(=O)O)C=C(C(=O)NC(CCC)C2CCCCC2)CC1)/C(=C\C=C/Cl)c1nc2cc(OC)c(F)cc2[nH]1. The third-order valence-electron chi connectivity index (χ3n) is 7.98. The number of nitrogens with one attached hydrogen (secondary N) is 2. The number of halogens is 2. The first-order valence-electron chi connectivity index (χ1n) is 14.2. The van der Waals surface area contributed by atoms with Gasteiger partial charge in [0.1, 0.15) is 5.82 Å². The summed E-state index contributed by atoms with van der Waals surface area (Å²) in [4.78, 5) is 33.4. The maximum Gasteiger partial charge on any atom is 0.335 e. The second kappa shape index (κ2) is 13.8. The van der Waals surface area contributed by atoms with Crippen molar-refractivity contribution in [2.24, 2.45) is 5.92 Å². The van der Waals surface area contributed by atoms with Crippen LogP contribution in [0.5, 0.6) is 5.75 Å². The van der Waals surface area contributed by atoms with Crippen LogP contribution in [0.2, 0.25) is 0 Å². The van der Waals surface area contributed by atoms with Gasteiger partial charge in [-0.3, -0.25) is 4.79 Å². The topological polar surface area (TPSA) is 104 Å². The van der Waals surface area contributed by atoms with Crippen molar-refractivity contribution in [3.63, 3.8) is 0 Å². The van der Waals surface area contributed by atoms with Gasteiger partial charge < -0.3 is 20.1 Å². The van der Waals surface area contributed by atoms with E-state index in [1.54, 1.807) is 12.2 Å². The molecule has 1 fully saturated rings. The minimum atomic E-state index is -1.15. The average Bonchev–Trinajstić information content (AvgIpc) is 3.38. The first-order valence-corrected chi connectivity index (χ1v) is 14.6. The molecule has 1 heterocycles. The van der Waals surface area contributed by atoms with Crippen molar-refractivity contribution < 1.29 is 23.8 Å². The highest BCUT2D eigenvalue weighted by atomic mass is 35.5. The van der Waals surface area contributed by atoms with Gasteiger partial charge in [0, 0.05) is 34.9 Å². The van der Waals surface area contributed by atoms with Crippen LogP contribution >= 0.6 is 11.6 Å². The number of aromatic amines is 1. The zero-order chi connectivity index (χ0) is 29.5. The Hall–Kier alpha value is -3.65. The number of carboxylic acid groups (broad SMARTS) is 1. The normalized spacial score (nSPS) is 17.6. The second-order valence-electron chi connectivity index (χ2n) is 10.6. The molecule has 1 saturated carbocycles. The Balaban J connectivity index is 1.66. The minimum absolute atomic E-state index is 0.0145. The Morgan fingerprint density at radius 2 is 2.05 bits per heavy atom. The van der Waals surface area contributed by atoms with Crippen LogP contribution < -0.4 is 10.1 Å². The number of imidazole rings is 1. The zero-order valence-corrected chi connectivity index (χ0v) is 24.3. The quantitative estimate of drug-likeness (QED) is 0.240. The Kier molecular flexibility index (Phi) is 10.2. The number of allylic oxidation sites excluding steroid dienone is 5. The summed E-state index contributed by atoms with van der Waals surface area (Å²) in [5.41, 5.74) is 4.10. The molecule has 0 bridgehead atoms. The van der Waals surface area contributed by atoms with Gasteiger partial charge in [0.2, 0.25) is 5.91 Å². The van der Waals surface area contributed by atoms with Crippen molar-refractivity contribution in [2.45, 2.75) is 70.8 Å². The number of carbonyl (C=O) groups is 2. The van der Waals surface area contributed by atoms with Crippen LogP contribution in [0.3, 0.4) is 0 Å². The van der Waals surface area contributed by atoms with Gasteiger partial charge in [-0.05, 0) is 61.3 Å². The number of hydrogen-bond acceptors (Lipinski definition) is 4. The van der Waals surface area contributed by atoms with E-state index in [9.17, 15) is 19.1 Å². The summed E-state index contributed by atoms with van der Waals surface area (Å²) in [7, 11) is 1.38. The number of carboxylic acids is 1. The van der Waals surface area contributed by atoms with E-state index >= 15 is 0 Å². The molecule has 0 saturated heterocycles. The van der Waals surface area contributed by atoms with Gasteiger partial charge in [0.05, 0.1) is 23.7 Å². The number of hydrogen-bond donors (Lipinski definition) is 3. The molecule has 0 radical (unpaired) electrons. The standard InChI is InChI=1S/C32H37ClFN3O4/c1-4-9-26(20-10-6-5-7-11-20)37-31(38)21-13-14-22(24(16-21)32(39)40)19(2)23(12-8-15-33)30-35-27-17-25(34)29(41-3)18-28(27)36-30/h8,12,15-18,20,26H,2,4-7,9-11,13-14H2,1,3H3,(H,35,36)(H,37,38)(H,39,40)/b15-8-,23-12+. The highest BCUT2D eigenvalue weighted by Gasteiger charge is 2.29. The lowest BCUT2D eigenvalue weighted by Crippen LogP contribution is -2.42. The van der Waals surface area contributed by atoms with E-state index in [4.69, 9.17) is 16.3 Å². The molecule has 3 N–H and O–H groups in total. The lowest BCUT2D eigenvalue weighted by atomic mass is 9.81. The molecule has 1 aromatic heterocycles. The fourth-order valence-corrected chi connectivity index (χ4v) is 5.93. The molecule has 9 heteroatoms. The molecule has 218 valence electrons. The maximum atomic E-state index is 14.3. The summed E-state index contributed by atoms with van der Waals surface area (Å²) < 4.78 is 19.4.